The van der Waals surface area contributed by atoms with Crippen LogP contribution in [0.15, 0.2) is 46.0 Å². The number of nitrogens with one attached hydrogen (secondary N) is 1. The molecule has 3 rings (SSSR count). The molecule has 0 atom stereocenters. The van der Waals surface area contributed by atoms with E-state index in [1.165, 1.54) is 6.20 Å². The van der Waals surface area contributed by atoms with Gasteiger partial charge < -0.3 is 4.74 Å². The van der Waals surface area contributed by atoms with Crippen LogP contribution in [0.4, 0.5) is 5.82 Å². The third kappa shape index (κ3) is 4.49. The van der Waals surface area contributed by atoms with Gasteiger partial charge in [0.2, 0.25) is 5.82 Å². The summed E-state index contributed by atoms with van der Waals surface area (Å²) in [7, 11) is -3.90. The second-order valence-electron chi connectivity index (χ2n) is 7.18. The van der Waals surface area contributed by atoms with E-state index >= 15 is 0 Å². The first-order valence-corrected chi connectivity index (χ1v) is 11.7. The normalized spacial score (nSPS) is 11.4. The minimum absolute atomic E-state index is 0.0452. The van der Waals surface area contributed by atoms with Gasteiger partial charge in [-0.25, -0.2) is 18.4 Å². The van der Waals surface area contributed by atoms with Gasteiger partial charge in [0.05, 0.1) is 11.1 Å². The largest absolute Gasteiger partial charge is 0.470 e. The SMILES string of the molecule is Cc1c(C)c(C)c(S(=O)(=O)Nc2ncc(Br)nc2OCc2ccccc2)c(C)c1C. The van der Waals surface area contributed by atoms with Crippen molar-refractivity contribution in [2.24, 2.45) is 0 Å². The summed E-state index contributed by atoms with van der Waals surface area (Å²) in [4.78, 5) is 8.73. The minimum Gasteiger partial charge on any atom is -0.470 e. The lowest BCUT2D eigenvalue weighted by molar-refractivity contribution is 0.294. The van der Waals surface area contributed by atoms with Gasteiger partial charge in [-0.05, 0) is 83.9 Å². The van der Waals surface area contributed by atoms with Gasteiger partial charge >= 0.3 is 0 Å². The molecule has 0 aliphatic rings. The highest BCUT2D eigenvalue weighted by Gasteiger charge is 2.26. The standard InChI is InChI=1S/C22H24BrN3O3S/c1-13-14(2)16(4)20(17(5)15(13)3)30(27,28)26-21-22(25-19(23)11-24-21)29-12-18-9-7-6-8-10-18/h6-11H,12H2,1-5H3,(H,24,26). The van der Waals surface area contributed by atoms with Crippen LogP contribution < -0.4 is 9.46 Å². The Morgan fingerprint density at radius 2 is 1.50 bits per heavy atom. The second-order valence-corrected chi connectivity index (χ2v) is 9.61. The topological polar surface area (TPSA) is 81.2 Å². The van der Waals surface area contributed by atoms with E-state index in [2.05, 4.69) is 30.6 Å². The average molecular weight is 490 g/mol. The zero-order chi connectivity index (χ0) is 22.1. The molecule has 158 valence electrons. The third-order valence-corrected chi connectivity index (χ3v) is 7.35. The second kappa shape index (κ2) is 8.73. The van der Waals surface area contributed by atoms with Crippen molar-refractivity contribution in [3.05, 3.63) is 74.5 Å². The van der Waals surface area contributed by atoms with Crippen LogP contribution in [0.3, 0.4) is 0 Å². The Morgan fingerprint density at radius 1 is 0.933 bits per heavy atom. The maximum absolute atomic E-state index is 13.3. The lowest BCUT2D eigenvalue weighted by atomic mass is 9.95. The average Bonchev–Trinajstić information content (AvgIpc) is 2.71. The fraction of sp³-hybridized carbons (Fsp3) is 0.273. The molecule has 3 aromatic rings. The van der Waals surface area contributed by atoms with Crippen LogP contribution in [0.5, 0.6) is 5.88 Å². The van der Waals surface area contributed by atoms with Crippen molar-refractivity contribution in [2.45, 2.75) is 46.1 Å². The summed E-state index contributed by atoms with van der Waals surface area (Å²) in [6.45, 7) is 9.76. The monoisotopic (exact) mass is 489 g/mol. The molecule has 0 radical (unpaired) electrons. The van der Waals surface area contributed by atoms with Crippen LogP contribution >= 0.6 is 15.9 Å². The van der Waals surface area contributed by atoms with Crippen LogP contribution in [-0.2, 0) is 16.6 Å². The van der Waals surface area contributed by atoms with Crippen molar-refractivity contribution in [3.63, 3.8) is 0 Å². The number of aromatic nitrogens is 2. The van der Waals surface area contributed by atoms with E-state index in [-0.39, 0.29) is 23.2 Å². The molecule has 0 saturated carbocycles. The summed E-state index contributed by atoms with van der Waals surface area (Å²) >= 11 is 3.27. The molecule has 0 aliphatic heterocycles. The quantitative estimate of drug-likeness (QED) is 0.516. The van der Waals surface area contributed by atoms with E-state index in [1.807, 2.05) is 65.0 Å². The van der Waals surface area contributed by atoms with Gasteiger partial charge in [-0.2, -0.15) is 0 Å². The van der Waals surface area contributed by atoms with E-state index in [1.54, 1.807) is 0 Å². The number of hydrogen-bond donors (Lipinski definition) is 1. The molecule has 0 fully saturated rings. The molecule has 1 aromatic heterocycles. The predicted octanol–water partition coefficient (Wildman–Crippen LogP) is 5.16. The maximum atomic E-state index is 13.3. The number of ether oxygens (including phenoxy) is 1. The van der Waals surface area contributed by atoms with Crippen molar-refractivity contribution in [3.8, 4) is 5.88 Å². The molecular weight excluding hydrogens is 466 g/mol. The number of halogens is 1. The molecule has 0 spiro atoms. The first-order chi connectivity index (χ1) is 14.1. The number of anilines is 1. The fourth-order valence-electron chi connectivity index (χ4n) is 3.30. The van der Waals surface area contributed by atoms with E-state index < -0.39 is 10.0 Å². The minimum atomic E-state index is -3.90. The predicted molar refractivity (Wildman–Crippen MR) is 121 cm³/mol. The number of rotatable bonds is 6. The lowest BCUT2D eigenvalue weighted by Gasteiger charge is -2.19. The van der Waals surface area contributed by atoms with Crippen LogP contribution in [-0.4, -0.2) is 18.4 Å². The maximum Gasteiger partial charge on any atom is 0.263 e. The lowest BCUT2D eigenvalue weighted by Crippen LogP contribution is -2.19. The zero-order valence-electron chi connectivity index (χ0n) is 17.6. The van der Waals surface area contributed by atoms with Gasteiger partial charge in [-0.1, -0.05) is 30.3 Å². The van der Waals surface area contributed by atoms with Crippen molar-refractivity contribution in [2.75, 3.05) is 4.72 Å². The summed E-state index contributed by atoms with van der Waals surface area (Å²) in [6.07, 6.45) is 1.43. The Bertz CT molecular complexity index is 1170. The number of nitrogens with zero attached hydrogens (tertiary/aromatic N) is 2. The Morgan fingerprint density at radius 3 is 2.10 bits per heavy atom. The highest BCUT2D eigenvalue weighted by Crippen LogP contribution is 2.32. The van der Waals surface area contributed by atoms with Gasteiger partial charge in [-0.3, -0.25) is 4.72 Å². The highest BCUT2D eigenvalue weighted by molar-refractivity contribution is 9.10. The van der Waals surface area contributed by atoms with Gasteiger partial charge in [0.15, 0.2) is 0 Å². The number of hydrogen-bond acceptors (Lipinski definition) is 5. The molecule has 1 N–H and O–H groups in total. The fourth-order valence-corrected chi connectivity index (χ4v) is 5.17. The smallest absolute Gasteiger partial charge is 0.263 e. The molecule has 0 aliphatic carbocycles. The van der Waals surface area contributed by atoms with Gasteiger partial charge in [-0.15, -0.1) is 0 Å². The molecular formula is C22H24BrN3O3S. The van der Waals surface area contributed by atoms with Crippen molar-refractivity contribution >= 4 is 31.8 Å². The molecule has 0 saturated heterocycles. The molecule has 6 nitrogen and oxygen atoms in total. The van der Waals surface area contributed by atoms with Crippen LogP contribution in [0.25, 0.3) is 0 Å². The van der Waals surface area contributed by atoms with E-state index in [9.17, 15) is 8.42 Å². The molecule has 0 amide bonds. The van der Waals surface area contributed by atoms with E-state index in [4.69, 9.17) is 4.74 Å². The van der Waals surface area contributed by atoms with Crippen LogP contribution in [0.2, 0.25) is 0 Å². The highest BCUT2D eigenvalue weighted by atomic mass is 79.9. The van der Waals surface area contributed by atoms with Gasteiger partial charge in [0.1, 0.15) is 11.2 Å². The third-order valence-electron chi connectivity index (χ3n) is 5.36. The first kappa shape index (κ1) is 22.2. The Hall–Kier alpha value is -2.45. The molecule has 0 unspecified atom stereocenters. The van der Waals surface area contributed by atoms with Crippen molar-refractivity contribution in [1.82, 2.24) is 9.97 Å². The molecule has 2 aromatic carbocycles. The Labute approximate surface area is 185 Å². The van der Waals surface area contributed by atoms with Crippen LogP contribution in [0.1, 0.15) is 33.4 Å². The number of benzene rings is 2. The molecule has 30 heavy (non-hydrogen) atoms. The van der Waals surface area contributed by atoms with Crippen molar-refractivity contribution < 1.29 is 13.2 Å². The molecule has 8 heteroatoms. The summed E-state index contributed by atoms with van der Waals surface area (Å²) in [5, 5.41) is 0. The van der Waals surface area contributed by atoms with E-state index in [0.717, 1.165) is 33.4 Å². The summed E-state index contributed by atoms with van der Waals surface area (Å²) < 4.78 is 35.5. The van der Waals surface area contributed by atoms with E-state index in [0.29, 0.717) is 4.60 Å². The number of sulfonamides is 1. The van der Waals surface area contributed by atoms with Crippen molar-refractivity contribution in [1.29, 1.82) is 0 Å². The summed E-state index contributed by atoms with van der Waals surface area (Å²) in [6, 6.07) is 9.56. The molecule has 0 bridgehead atoms. The van der Waals surface area contributed by atoms with Gasteiger partial charge in [0, 0.05) is 0 Å². The van der Waals surface area contributed by atoms with Gasteiger partial charge in [0.25, 0.3) is 15.9 Å². The first-order valence-electron chi connectivity index (χ1n) is 9.41. The zero-order valence-corrected chi connectivity index (χ0v) is 20.0. The Kier molecular flexibility index (Phi) is 6.47. The molecule has 1 heterocycles. The summed E-state index contributed by atoms with van der Waals surface area (Å²) in [5.74, 6) is 0.150. The Balaban J connectivity index is 1.98. The summed E-state index contributed by atoms with van der Waals surface area (Å²) in [5.41, 5.74) is 5.39. The van der Waals surface area contributed by atoms with Crippen LogP contribution in [0, 0.1) is 34.6 Å².